The summed E-state index contributed by atoms with van der Waals surface area (Å²) >= 11 is 1.53. The molecule has 0 aliphatic carbocycles. The number of aliphatic carboxylic acids is 1. The predicted molar refractivity (Wildman–Crippen MR) is 79.8 cm³/mol. The van der Waals surface area contributed by atoms with Gasteiger partial charge in [-0.15, -0.1) is 11.3 Å². The van der Waals surface area contributed by atoms with Gasteiger partial charge in [0, 0.05) is 6.42 Å². The number of hydrogen-bond donors (Lipinski definition) is 3. The molecule has 1 amide bonds. The summed E-state index contributed by atoms with van der Waals surface area (Å²) in [4.78, 5) is 35.7. The number of nitrogens with zero attached hydrogens (tertiary/aromatic N) is 2. The second-order valence-corrected chi connectivity index (χ2v) is 6.15. The Morgan fingerprint density at radius 3 is 3.09 bits per heavy atom. The molecule has 0 unspecified atom stereocenters. The van der Waals surface area contributed by atoms with Crippen LogP contribution in [-0.4, -0.2) is 42.9 Å². The van der Waals surface area contributed by atoms with Crippen LogP contribution in [0, 0.1) is 0 Å². The lowest BCUT2D eigenvalue weighted by Gasteiger charge is -2.31. The van der Waals surface area contributed by atoms with Crippen LogP contribution in [0.1, 0.15) is 21.9 Å². The fraction of sp³-hybridized carbons (Fsp3) is 0.214. The van der Waals surface area contributed by atoms with Crippen molar-refractivity contribution in [3.8, 4) is 0 Å². The molecule has 0 spiro atoms. The van der Waals surface area contributed by atoms with E-state index < -0.39 is 12.0 Å². The molecule has 112 valence electrons. The summed E-state index contributed by atoms with van der Waals surface area (Å²) in [6.07, 6.45) is 1.75. The Balaban J connectivity index is 1.71. The van der Waals surface area contributed by atoms with E-state index in [2.05, 4.69) is 15.0 Å². The third kappa shape index (κ3) is 1.92. The SMILES string of the molecule is O=C(O)[C@H]1Cc2nc[nH]c2CN1C(=O)c1cc2sccc2[nH]1. The van der Waals surface area contributed by atoms with E-state index in [0.717, 1.165) is 15.9 Å². The number of aromatic nitrogens is 3. The van der Waals surface area contributed by atoms with E-state index in [1.54, 1.807) is 6.07 Å². The molecule has 3 aromatic rings. The molecule has 8 heteroatoms. The predicted octanol–water partition coefficient (Wildman–Crippen LogP) is 1.60. The first-order chi connectivity index (χ1) is 10.6. The van der Waals surface area contributed by atoms with Crippen molar-refractivity contribution in [2.75, 3.05) is 0 Å². The highest BCUT2D eigenvalue weighted by Crippen LogP contribution is 2.26. The molecule has 1 atom stereocenters. The lowest BCUT2D eigenvalue weighted by Crippen LogP contribution is -2.48. The van der Waals surface area contributed by atoms with Crippen LogP contribution in [0.4, 0.5) is 0 Å². The van der Waals surface area contributed by atoms with Gasteiger partial charge in [0.1, 0.15) is 11.7 Å². The molecule has 0 saturated carbocycles. The maximum absolute atomic E-state index is 12.7. The summed E-state index contributed by atoms with van der Waals surface area (Å²) in [6, 6.07) is 2.77. The largest absolute Gasteiger partial charge is 0.480 e. The zero-order chi connectivity index (χ0) is 15.3. The van der Waals surface area contributed by atoms with Gasteiger partial charge in [0.25, 0.3) is 5.91 Å². The van der Waals surface area contributed by atoms with E-state index in [9.17, 15) is 14.7 Å². The van der Waals surface area contributed by atoms with Crippen molar-refractivity contribution in [3.63, 3.8) is 0 Å². The molecule has 0 saturated heterocycles. The van der Waals surface area contributed by atoms with E-state index >= 15 is 0 Å². The van der Waals surface area contributed by atoms with Crippen LogP contribution < -0.4 is 0 Å². The highest BCUT2D eigenvalue weighted by atomic mass is 32.1. The molecule has 7 nitrogen and oxygen atoms in total. The number of thiophene rings is 1. The minimum atomic E-state index is -1.02. The average molecular weight is 316 g/mol. The van der Waals surface area contributed by atoms with Crippen molar-refractivity contribution in [2.24, 2.45) is 0 Å². The molecule has 1 aliphatic heterocycles. The number of rotatable bonds is 2. The van der Waals surface area contributed by atoms with Gasteiger partial charge in [-0.3, -0.25) is 4.79 Å². The number of carboxylic acids is 1. The lowest BCUT2D eigenvalue weighted by atomic mass is 10.0. The van der Waals surface area contributed by atoms with Gasteiger partial charge in [0.2, 0.25) is 0 Å². The van der Waals surface area contributed by atoms with Gasteiger partial charge >= 0.3 is 5.97 Å². The topological polar surface area (TPSA) is 102 Å². The molecule has 0 fully saturated rings. The number of amides is 1. The van der Waals surface area contributed by atoms with Gasteiger partial charge in [-0.25, -0.2) is 9.78 Å². The van der Waals surface area contributed by atoms with Crippen molar-refractivity contribution < 1.29 is 14.7 Å². The van der Waals surface area contributed by atoms with Crippen molar-refractivity contribution in [2.45, 2.75) is 19.0 Å². The van der Waals surface area contributed by atoms with Gasteiger partial charge in [0.05, 0.1) is 34.5 Å². The van der Waals surface area contributed by atoms with Crippen molar-refractivity contribution >= 4 is 33.4 Å². The summed E-state index contributed by atoms with van der Waals surface area (Å²) in [5.41, 5.74) is 2.80. The zero-order valence-electron chi connectivity index (χ0n) is 11.4. The second-order valence-electron chi connectivity index (χ2n) is 5.20. The monoisotopic (exact) mass is 316 g/mol. The Labute approximate surface area is 128 Å². The number of hydrogen-bond acceptors (Lipinski definition) is 4. The number of carbonyl (C=O) groups is 2. The third-order valence-corrected chi connectivity index (χ3v) is 4.78. The second kappa shape index (κ2) is 4.70. The molecular weight excluding hydrogens is 304 g/mol. The summed E-state index contributed by atoms with van der Waals surface area (Å²) in [6.45, 7) is 0.220. The Kier molecular flexibility index (Phi) is 2.80. The van der Waals surface area contributed by atoms with Crippen LogP contribution in [0.15, 0.2) is 23.8 Å². The highest BCUT2D eigenvalue weighted by Gasteiger charge is 2.36. The van der Waals surface area contributed by atoms with E-state index in [0.29, 0.717) is 11.4 Å². The summed E-state index contributed by atoms with van der Waals surface area (Å²) in [5.74, 6) is -1.33. The Bertz CT molecular complexity index is 849. The van der Waals surface area contributed by atoms with Crippen LogP contribution in [-0.2, 0) is 17.8 Å². The lowest BCUT2D eigenvalue weighted by molar-refractivity contribution is -0.142. The van der Waals surface area contributed by atoms with Crippen LogP contribution in [0.2, 0.25) is 0 Å². The Hall–Kier alpha value is -2.61. The zero-order valence-corrected chi connectivity index (χ0v) is 12.2. The first-order valence-corrected chi connectivity index (χ1v) is 7.62. The summed E-state index contributed by atoms with van der Waals surface area (Å²) in [7, 11) is 0. The molecule has 0 aromatic carbocycles. The minimum Gasteiger partial charge on any atom is -0.480 e. The normalized spacial score (nSPS) is 17.6. The molecule has 0 radical (unpaired) electrons. The smallest absolute Gasteiger partial charge is 0.326 e. The number of H-pyrrole nitrogens is 2. The van der Waals surface area contributed by atoms with Gasteiger partial charge in [-0.2, -0.15) is 0 Å². The van der Waals surface area contributed by atoms with Crippen molar-refractivity contribution in [1.82, 2.24) is 19.9 Å². The van der Waals surface area contributed by atoms with Crippen LogP contribution in [0.5, 0.6) is 0 Å². The average Bonchev–Trinajstić information content (AvgIpc) is 3.19. The first kappa shape index (κ1) is 13.1. The quantitative estimate of drug-likeness (QED) is 0.668. The van der Waals surface area contributed by atoms with Crippen LogP contribution in [0.3, 0.4) is 0 Å². The van der Waals surface area contributed by atoms with Gasteiger partial charge in [-0.05, 0) is 17.5 Å². The minimum absolute atomic E-state index is 0.217. The summed E-state index contributed by atoms with van der Waals surface area (Å²) in [5, 5.41) is 11.4. The first-order valence-electron chi connectivity index (χ1n) is 6.74. The Morgan fingerprint density at radius 2 is 2.32 bits per heavy atom. The number of fused-ring (bicyclic) bond motifs is 2. The van der Waals surface area contributed by atoms with Gasteiger partial charge in [-0.1, -0.05) is 0 Å². The molecule has 4 heterocycles. The number of aromatic amines is 2. The van der Waals surface area contributed by atoms with Gasteiger partial charge < -0.3 is 20.0 Å². The maximum Gasteiger partial charge on any atom is 0.326 e. The number of carboxylic acid groups (broad SMARTS) is 1. The van der Waals surface area contributed by atoms with E-state index in [-0.39, 0.29) is 18.9 Å². The van der Waals surface area contributed by atoms with Crippen LogP contribution >= 0.6 is 11.3 Å². The van der Waals surface area contributed by atoms with Crippen molar-refractivity contribution in [3.05, 3.63) is 40.9 Å². The fourth-order valence-corrected chi connectivity index (χ4v) is 3.57. The van der Waals surface area contributed by atoms with E-state index in [4.69, 9.17) is 0 Å². The Morgan fingerprint density at radius 1 is 1.45 bits per heavy atom. The van der Waals surface area contributed by atoms with Gasteiger partial charge in [0.15, 0.2) is 0 Å². The molecule has 22 heavy (non-hydrogen) atoms. The van der Waals surface area contributed by atoms with Crippen LogP contribution in [0.25, 0.3) is 10.2 Å². The highest BCUT2D eigenvalue weighted by molar-refractivity contribution is 7.17. The fourth-order valence-electron chi connectivity index (χ4n) is 2.79. The molecule has 3 aromatic heterocycles. The molecular formula is C14H12N4O3S. The number of carbonyl (C=O) groups excluding carboxylic acids is 1. The maximum atomic E-state index is 12.7. The van der Waals surface area contributed by atoms with Crippen molar-refractivity contribution in [1.29, 1.82) is 0 Å². The number of imidazole rings is 1. The molecule has 3 N–H and O–H groups in total. The molecule has 1 aliphatic rings. The number of nitrogens with one attached hydrogen (secondary N) is 2. The third-order valence-electron chi connectivity index (χ3n) is 3.92. The van der Waals surface area contributed by atoms with E-state index in [1.807, 2.05) is 11.4 Å². The summed E-state index contributed by atoms with van der Waals surface area (Å²) < 4.78 is 0.981. The standard InChI is InChI=1S/C14H12N4O3S/c19-13(9-4-12-7(17-9)1-2-22-12)18-5-10-8(15-6-16-10)3-11(18)14(20)21/h1-2,4,6,11,17H,3,5H2,(H,15,16)(H,20,21)/t11-/m1/s1. The molecule has 0 bridgehead atoms. The van der Waals surface area contributed by atoms with E-state index in [1.165, 1.54) is 22.6 Å². The molecule has 4 rings (SSSR count).